The molecule has 23 heavy (non-hydrogen) atoms. The van der Waals surface area contributed by atoms with E-state index in [1.54, 1.807) is 0 Å². The number of aryl methyl sites for hydroxylation is 1. The molecule has 0 aliphatic carbocycles. The van der Waals surface area contributed by atoms with Crippen molar-refractivity contribution in [2.24, 2.45) is 4.99 Å². The molecule has 6 nitrogen and oxygen atoms in total. The first-order valence-corrected chi connectivity index (χ1v) is 8.18. The van der Waals surface area contributed by atoms with Crippen molar-refractivity contribution in [2.75, 3.05) is 13.2 Å². The topological polar surface area (TPSA) is 69.6 Å². The van der Waals surface area contributed by atoms with Crippen molar-refractivity contribution in [3.63, 3.8) is 0 Å². The minimum atomic E-state index is -0.434. The van der Waals surface area contributed by atoms with E-state index in [4.69, 9.17) is 9.26 Å². The molecule has 0 bridgehead atoms. The van der Waals surface area contributed by atoms with E-state index < -0.39 is 5.91 Å². The number of hydrogen-bond acceptors (Lipinski definition) is 5. The first-order valence-electron chi connectivity index (χ1n) is 7.36. The molecule has 0 unspecified atom stereocenters. The molecule has 0 aliphatic heterocycles. The van der Waals surface area contributed by atoms with Crippen LogP contribution in [0.4, 0.5) is 0 Å². The summed E-state index contributed by atoms with van der Waals surface area (Å²) < 4.78 is 13.4. The number of aromatic nitrogens is 2. The van der Waals surface area contributed by atoms with E-state index in [2.05, 4.69) is 16.2 Å². The second-order valence-corrected chi connectivity index (χ2v) is 6.01. The lowest BCUT2D eigenvalue weighted by Crippen LogP contribution is -2.19. The predicted molar refractivity (Wildman–Crippen MR) is 87.4 cm³/mol. The molecule has 0 saturated carbocycles. The van der Waals surface area contributed by atoms with Crippen LogP contribution in [0.5, 0.6) is 0 Å². The van der Waals surface area contributed by atoms with Gasteiger partial charge in [0, 0.05) is 19.2 Å². The number of carbonyl (C=O) groups is 1. The van der Waals surface area contributed by atoms with Crippen molar-refractivity contribution in [1.82, 2.24) is 9.72 Å². The summed E-state index contributed by atoms with van der Waals surface area (Å²) in [7, 11) is 0. The maximum absolute atomic E-state index is 12.2. The molecule has 3 aromatic rings. The standard InChI is InChI=1S/C16H17N3O3S/c1-3-21-9-8-19-12-5-4-11(2)10-14(12)23-16(19)18-15(20)13-6-7-17-22-13/h4-7,10H,3,8-9H2,1-2H3. The number of fused-ring (bicyclic) bond motifs is 1. The van der Waals surface area contributed by atoms with Gasteiger partial charge in [-0.3, -0.25) is 4.79 Å². The molecule has 120 valence electrons. The van der Waals surface area contributed by atoms with Crippen LogP contribution >= 0.6 is 11.3 Å². The zero-order valence-corrected chi connectivity index (χ0v) is 13.8. The van der Waals surface area contributed by atoms with Crippen LogP contribution in [0.15, 0.2) is 40.0 Å². The highest BCUT2D eigenvalue weighted by Gasteiger charge is 2.11. The highest BCUT2D eigenvalue weighted by Crippen LogP contribution is 2.19. The van der Waals surface area contributed by atoms with E-state index in [0.29, 0.717) is 24.6 Å². The summed E-state index contributed by atoms with van der Waals surface area (Å²) in [4.78, 5) is 17.0. The van der Waals surface area contributed by atoms with Crippen molar-refractivity contribution in [3.05, 3.63) is 46.6 Å². The Bertz CT molecular complexity index is 878. The molecule has 0 atom stereocenters. The van der Waals surface area contributed by atoms with Crippen molar-refractivity contribution >= 4 is 27.5 Å². The Morgan fingerprint density at radius 2 is 2.30 bits per heavy atom. The highest BCUT2D eigenvalue weighted by atomic mass is 32.1. The maximum atomic E-state index is 12.2. The number of carbonyl (C=O) groups excluding carboxylic acids is 1. The van der Waals surface area contributed by atoms with Crippen LogP contribution in [0, 0.1) is 6.92 Å². The molecule has 0 fully saturated rings. The second-order valence-electron chi connectivity index (χ2n) is 5.00. The van der Waals surface area contributed by atoms with Crippen molar-refractivity contribution in [1.29, 1.82) is 0 Å². The average Bonchev–Trinajstić information content (AvgIpc) is 3.16. The van der Waals surface area contributed by atoms with Gasteiger partial charge in [0.2, 0.25) is 5.76 Å². The molecular weight excluding hydrogens is 314 g/mol. The summed E-state index contributed by atoms with van der Waals surface area (Å²) in [5.74, 6) is -0.300. The third kappa shape index (κ3) is 3.40. The lowest BCUT2D eigenvalue weighted by Gasteiger charge is -2.05. The Labute approximate surface area is 137 Å². The Kier molecular flexibility index (Phi) is 4.68. The van der Waals surface area contributed by atoms with E-state index in [0.717, 1.165) is 10.2 Å². The zero-order chi connectivity index (χ0) is 16.2. The summed E-state index contributed by atoms with van der Waals surface area (Å²) in [6.45, 7) is 5.86. The van der Waals surface area contributed by atoms with Crippen LogP contribution < -0.4 is 4.80 Å². The maximum Gasteiger partial charge on any atom is 0.318 e. The van der Waals surface area contributed by atoms with Gasteiger partial charge in [-0.2, -0.15) is 4.99 Å². The normalized spacial score (nSPS) is 12.2. The lowest BCUT2D eigenvalue weighted by molar-refractivity contribution is 0.0961. The smallest absolute Gasteiger partial charge is 0.318 e. The summed E-state index contributed by atoms with van der Waals surface area (Å²) >= 11 is 1.48. The van der Waals surface area contributed by atoms with Gasteiger partial charge in [0.15, 0.2) is 4.80 Å². The zero-order valence-electron chi connectivity index (χ0n) is 13.0. The van der Waals surface area contributed by atoms with E-state index in [-0.39, 0.29) is 5.76 Å². The number of benzene rings is 1. The first kappa shape index (κ1) is 15.6. The number of thiazole rings is 1. The predicted octanol–water partition coefficient (Wildman–Crippen LogP) is 2.78. The summed E-state index contributed by atoms with van der Waals surface area (Å²) in [6.07, 6.45) is 1.43. The van der Waals surface area contributed by atoms with Crippen LogP contribution in [0.25, 0.3) is 10.2 Å². The minimum absolute atomic E-state index is 0.134. The molecule has 2 heterocycles. The van der Waals surface area contributed by atoms with E-state index in [1.807, 2.05) is 30.5 Å². The number of nitrogens with zero attached hydrogens (tertiary/aromatic N) is 3. The summed E-state index contributed by atoms with van der Waals surface area (Å²) in [5, 5.41) is 3.54. The van der Waals surface area contributed by atoms with Gasteiger partial charge in [0.05, 0.1) is 23.0 Å². The van der Waals surface area contributed by atoms with Crippen molar-refractivity contribution in [2.45, 2.75) is 20.4 Å². The van der Waals surface area contributed by atoms with Gasteiger partial charge >= 0.3 is 5.91 Å². The van der Waals surface area contributed by atoms with Crippen LogP contribution in [-0.4, -0.2) is 28.8 Å². The average molecular weight is 331 g/mol. The van der Waals surface area contributed by atoms with Gasteiger partial charge in [-0.05, 0) is 31.5 Å². The number of rotatable bonds is 5. The molecule has 2 aromatic heterocycles. The first-order chi connectivity index (χ1) is 11.2. The quantitative estimate of drug-likeness (QED) is 0.674. The molecule has 0 spiro atoms. The van der Waals surface area contributed by atoms with Gasteiger partial charge in [-0.15, -0.1) is 0 Å². The Hall–Kier alpha value is -2.25. The highest BCUT2D eigenvalue weighted by molar-refractivity contribution is 7.16. The fourth-order valence-corrected chi connectivity index (χ4v) is 3.40. The molecule has 0 radical (unpaired) electrons. The molecule has 0 aliphatic rings. The number of amides is 1. The fraction of sp³-hybridized carbons (Fsp3) is 0.312. The van der Waals surface area contributed by atoms with Gasteiger partial charge in [-0.25, -0.2) is 0 Å². The van der Waals surface area contributed by atoms with Crippen LogP contribution in [0.1, 0.15) is 23.0 Å². The molecule has 3 rings (SSSR count). The van der Waals surface area contributed by atoms with E-state index in [9.17, 15) is 4.79 Å². The molecule has 7 heteroatoms. The van der Waals surface area contributed by atoms with Crippen LogP contribution in [0.2, 0.25) is 0 Å². The number of hydrogen-bond donors (Lipinski definition) is 0. The second kappa shape index (κ2) is 6.89. The molecule has 1 aromatic carbocycles. The van der Waals surface area contributed by atoms with E-state index in [1.165, 1.54) is 29.2 Å². The molecule has 1 amide bonds. The molecule has 0 N–H and O–H groups in total. The summed E-state index contributed by atoms with van der Waals surface area (Å²) in [5.41, 5.74) is 2.22. The van der Waals surface area contributed by atoms with Crippen LogP contribution in [-0.2, 0) is 11.3 Å². The monoisotopic (exact) mass is 331 g/mol. The van der Waals surface area contributed by atoms with Crippen LogP contribution in [0.3, 0.4) is 0 Å². The van der Waals surface area contributed by atoms with Gasteiger partial charge in [0.1, 0.15) is 0 Å². The Morgan fingerprint density at radius 3 is 3.04 bits per heavy atom. The van der Waals surface area contributed by atoms with E-state index >= 15 is 0 Å². The summed E-state index contributed by atoms with van der Waals surface area (Å²) in [6, 6.07) is 7.70. The fourth-order valence-electron chi connectivity index (χ4n) is 2.25. The Balaban J connectivity index is 2.06. The van der Waals surface area contributed by atoms with Crippen molar-refractivity contribution in [3.8, 4) is 0 Å². The SMILES string of the molecule is CCOCCn1c(=NC(=O)c2ccno2)sc2cc(C)ccc21. The molecule has 0 saturated heterocycles. The Morgan fingerprint density at radius 1 is 1.43 bits per heavy atom. The third-order valence-electron chi connectivity index (χ3n) is 3.35. The lowest BCUT2D eigenvalue weighted by atomic mass is 10.2. The van der Waals surface area contributed by atoms with Gasteiger partial charge in [-0.1, -0.05) is 22.6 Å². The van der Waals surface area contributed by atoms with Gasteiger partial charge < -0.3 is 13.8 Å². The largest absolute Gasteiger partial charge is 0.380 e. The van der Waals surface area contributed by atoms with Crippen molar-refractivity contribution < 1.29 is 14.1 Å². The minimum Gasteiger partial charge on any atom is -0.380 e. The number of ether oxygens (including phenoxy) is 1. The van der Waals surface area contributed by atoms with Gasteiger partial charge in [0.25, 0.3) is 0 Å². The third-order valence-corrected chi connectivity index (χ3v) is 4.39. The molecular formula is C16H17N3O3S.